The molecule has 0 aromatic heterocycles. The molecular formula is C16H14F3NOS. The van der Waals surface area contributed by atoms with Gasteiger partial charge in [-0.1, -0.05) is 6.07 Å². The molecule has 0 aliphatic heterocycles. The highest BCUT2D eigenvalue weighted by atomic mass is 32.2. The number of carbonyl (C=O) groups excluding carboxylic acids is 1. The lowest BCUT2D eigenvalue weighted by Crippen LogP contribution is -2.28. The van der Waals surface area contributed by atoms with Crippen LogP contribution < -0.4 is 5.32 Å². The monoisotopic (exact) mass is 325 g/mol. The average molecular weight is 325 g/mol. The van der Waals surface area contributed by atoms with Crippen LogP contribution in [0, 0.1) is 17.5 Å². The molecular weight excluding hydrogens is 311 g/mol. The first-order valence-corrected chi connectivity index (χ1v) is 7.57. The van der Waals surface area contributed by atoms with Crippen LogP contribution in [0.25, 0.3) is 0 Å². The van der Waals surface area contributed by atoms with Crippen molar-refractivity contribution in [3.05, 3.63) is 65.5 Å². The minimum atomic E-state index is -0.695. The van der Waals surface area contributed by atoms with Crippen molar-refractivity contribution in [2.45, 2.75) is 17.9 Å². The summed E-state index contributed by atoms with van der Waals surface area (Å²) in [5.74, 6) is -1.86. The van der Waals surface area contributed by atoms with Gasteiger partial charge in [0.15, 0.2) is 0 Å². The van der Waals surface area contributed by atoms with E-state index in [1.165, 1.54) is 30.0 Å². The zero-order chi connectivity index (χ0) is 16.1. The molecule has 0 fully saturated rings. The predicted octanol–water partition coefficient (Wildman–Crippen LogP) is 4.07. The Bertz CT molecular complexity index is 661. The third-order valence-electron chi connectivity index (χ3n) is 2.99. The normalized spacial score (nSPS) is 12.0. The van der Waals surface area contributed by atoms with Gasteiger partial charge in [-0.15, -0.1) is 11.8 Å². The smallest absolute Gasteiger partial charge is 0.230 e. The van der Waals surface area contributed by atoms with Crippen LogP contribution in [0.15, 0.2) is 47.4 Å². The zero-order valence-corrected chi connectivity index (χ0v) is 12.6. The van der Waals surface area contributed by atoms with Crippen LogP contribution in [-0.4, -0.2) is 11.7 Å². The van der Waals surface area contributed by atoms with Gasteiger partial charge in [0, 0.05) is 16.5 Å². The molecule has 1 amide bonds. The average Bonchev–Trinajstić information content (AvgIpc) is 2.46. The van der Waals surface area contributed by atoms with Gasteiger partial charge in [-0.05, 0) is 37.3 Å². The lowest BCUT2D eigenvalue weighted by atomic mass is 10.1. The fourth-order valence-corrected chi connectivity index (χ4v) is 2.60. The Kier molecular flexibility index (Phi) is 5.49. The largest absolute Gasteiger partial charge is 0.349 e. The van der Waals surface area contributed by atoms with Gasteiger partial charge < -0.3 is 5.32 Å². The Balaban J connectivity index is 1.89. The van der Waals surface area contributed by atoms with E-state index >= 15 is 0 Å². The van der Waals surface area contributed by atoms with E-state index in [2.05, 4.69) is 5.32 Å². The van der Waals surface area contributed by atoms with Gasteiger partial charge >= 0.3 is 0 Å². The molecule has 0 saturated heterocycles. The molecule has 2 aromatic rings. The highest BCUT2D eigenvalue weighted by Gasteiger charge is 2.14. The van der Waals surface area contributed by atoms with E-state index in [0.717, 1.165) is 17.0 Å². The molecule has 1 unspecified atom stereocenters. The number of benzene rings is 2. The summed E-state index contributed by atoms with van der Waals surface area (Å²) in [6.45, 7) is 1.62. The van der Waals surface area contributed by atoms with Gasteiger partial charge in [0.05, 0.1) is 11.8 Å². The van der Waals surface area contributed by atoms with Gasteiger partial charge in [-0.2, -0.15) is 0 Å². The fourth-order valence-electron chi connectivity index (χ4n) is 1.89. The molecule has 0 saturated carbocycles. The lowest BCUT2D eigenvalue weighted by Gasteiger charge is -2.15. The van der Waals surface area contributed by atoms with Crippen LogP contribution in [0.1, 0.15) is 18.5 Å². The van der Waals surface area contributed by atoms with Crippen molar-refractivity contribution < 1.29 is 18.0 Å². The molecule has 0 heterocycles. The number of hydrogen-bond acceptors (Lipinski definition) is 2. The highest BCUT2D eigenvalue weighted by Crippen LogP contribution is 2.20. The quantitative estimate of drug-likeness (QED) is 0.840. The summed E-state index contributed by atoms with van der Waals surface area (Å²) in [5, 5.41) is 2.64. The van der Waals surface area contributed by atoms with Crippen LogP contribution in [-0.2, 0) is 4.79 Å². The van der Waals surface area contributed by atoms with Gasteiger partial charge in [-0.25, -0.2) is 13.2 Å². The summed E-state index contributed by atoms with van der Waals surface area (Å²) in [6.07, 6.45) is 0. The fraction of sp³-hybridized carbons (Fsp3) is 0.188. The number of thioether (sulfide) groups is 1. The molecule has 1 atom stereocenters. The minimum Gasteiger partial charge on any atom is -0.349 e. The molecule has 2 nitrogen and oxygen atoms in total. The molecule has 2 rings (SSSR count). The summed E-state index contributed by atoms with van der Waals surface area (Å²) < 4.78 is 39.2. The maximum atomic E-state index is 13.6. The molecule has 22 heavy (non-hydrogen) atoms. The van der Waals surface area contributed by atoms with Gasteiger partial charge in [0.1, 0.15) is 17.5 Å². The van der Waals surface area contributed by atoms with E-state index < -0.39 is 17.7 Å². The van der Waals surface area contributed by atoms with Crippen LogP contribution in [0.3, 0.4) is 0 Å². The molecule has 2 aromatic carbocycles. The molecule has 0 bridgehead atoms. The standard InChI is InChI=1S/C16H14F3NOS/c1-10(14-7-4-12(18)8-15(14)19)20-16(21)9-22-13-5-2-11(17)3-6-13/h2-8,10H,9H2,1H3,(H,20,21). The van der Waals surface area contributed by atoms with E-state index in [9.17, 15) is 18.0 Å². The van der Waals surface area contributed by atoms with Crippen LogP contribution in [0.2, 0.25) is 0 Å². The Morgan fingerprint density at radius 1 is 1.09 bits per heavy atom. The lowest BCUT2D eigenvalue weighted by molar-refractivity contribution is -0.119. The molecule has 0 spiro atoms. The van der Waals surface area contributed by atoms with Gasteiger partial charge in [0.25, 0.3) is 0 Å². The first-order valence-electron chi connectivity index (χ1n) is 6.58. The number of rotatable bonds is 5. The molecule has 0 radical (unpaired) electrons. The van der Waals surface area contributed by atoms with Crippen LogP contribution >= 0.6 is 11.8 Å². The Hall–Kier alpha value is -1.95. The second-order valence-corrected chi connectivity index (χ2v) is 5.75. The summed E-state index contributed by atoms with van der Waals surface area (Å²) in [5.41, 5.74) is 0.224. The van der Waals surface area contributed by atoms with E-state index in [1.54, 1.807) is 19.1 Å². The van der Waals surface area contributed by atoms with E-state index in [-0.39, 0.29) is 23.0 Å². The molecule has 6 heteroatoms. The van der Waals surface area contributed by atoms with Gasteiger partial charge in [0.2, 0.25) is 5.91 Å². The van der Waals surface area contributed by atoms with Crippen molar-refractivity contribution in [1.29, 1.82) is 0 Å². The number of hydrogen-bond donors (Lipinski definition) is 1. The second kappa shape index (κ2) is 7.35. The third-order valence-corrected chi connectivity index (χ3v) is 4.00. The van der Waals surface area contributed by atoms with Crippen molar-refractivity contribution in [2.75, 3.05) is 5.75 Å². The maximum Gasteiger partial charge on any atom is 0.230 e. The predicted molar refractivity (Wildman–Crippen MR) is 80.0 cm³/mol. The second-order valence-electron chi connectivity index (χ2n) is 4.70. The third kappa shape index (κ3) is 4.53. The van der Waals surface area contributed by atoms with E-state index in [1.807, 2.05) is 0 Å². The van der Waals surface area contributed by atoms with E-state index in [0.29, 0.717) is 0 Å². The van der Waals surface area contributed by atoms with Crippen molar-refractivity contribution in [1.82, 2.24) is 5.32 Å². The Labute approximate surface area is 130 Å². The van der Waals surface area contributed by atoms with Crippen molar-refractivity contribution >= 4 is 17.7 Å². The molecule has 0 aliphatic rings. The first-order chi connectivity index (χ1) is 10.5. The van der Waals surface area contributed by atoms with Gasteiger partial charge in [-0.3, -0.25) is 4.79 Å². The highest BCUT2D eigenvalue weighted by molar-refractivity contribution is 8.00. The first kappa shape index (κ1) is 16.4. The van der Waals surface area contributed by atoms with Crippen molar-refractivity contribution in [2.24, 2.45) is 0 Å². The molecule has 0 aliphatic carbocycles. The topological polar surface area (TPSA) is 29.1 Å². The maximum absolute atomic E-state index is 13.6. The summed E-state index contributed by atoms with van der Waals surface area (Å²) in [7, 11) is 0. The van der Waals surface area contributed by atoms with Crippen LogP contribution in [0.5, 0.6) is 0 Å². The van der Waals surface area contributed by atoms with Crippen molar-refractivity contribution in [3.63, 3.8) is 0 Å². The Morgan fingerprint density at radius 2 is 1.73 bits per heavy atom. The Morgan fingerprint density at radius 3 is 2.36 bits per heavy atom. The molecule has 116 valence electrons. The number of amides is 1. The van der Waals surface area contributed by atoms with E-state index in [4.69, 9.17) is 0 Å². The summed E-state index contributed by atoms with van der Waals surface area (Å²) >= 11 is 1.25. The molecule has 1 N–H and O–H groups in total. The summed E-state index contributed by atoms with van der Waals surface area (Å²) in [4.78, 5) is 12.6. The van der Waals surface area contributed by atoms with Crippen LogP contribution in [0.4, 0.5) is 13.2 Å². The van der Waals surface area contributed by atoms with Crippen molar-refractivity contribution in [3.8, 4) is 0 Å². The minimum absolute atomic E-state index is 0.124. The number of carbonyl (C=O) groups is 1. The number of nitrogens with one attached hydrogen (secondary N) is 1. The zero-order valence-electron chi connectivity index (χ0n) is 11.8. The summed E-state index contributed by atoms with van der Waals surface area (Å²) in [6, 6.07) is 8.46. The SMILES string of the molecule is CC(NC(=O)CSc1ccc(F)cc1)c1ccc(F)cc1F. The number of halogens is 3.